The van der Waals surface area contributed by atoms with Crippen LogP contribution in [0.1, 0.15) is 0 Å². The summed E-state index contributed by atoms with van der Waals surface area (Å²) in [4.78, 5) is 9.26. The molecule has 0 aliphatic heterocycles. The predicted molar refractivity (Wildman–Crippen MR) is 58.7 cm³/mol. The highest BCUT2D eigenvalue weighted by molar-refractivity contribution is 8.01. The smallest absolute Gasteiger partial charge is 0.320 e. The zero-order chi connectivity index (χ0) is 10.6. The van der Waals surface area contributed by atoms with Gasteiger partial charge in [0.2, 0.25) is 5.88 Å². The molecule has 1 rings (SSSR count). The van der Waals surface area contributed by atoms with Gasteiger partial charge in [-0.25, -0.2) is 0 Å². The monoisotopic (exact) mass is 232 g/mol. The van der Waals surface area contributed by atoms with Crippen LogP contribution in [0.5, 0.6) is 11.9 Å². The van der Waals surface area contributed by atoms with E-state index in [1.165, 1.54) is 7.11 Å². The van der Waals surface area contributed by atoms with Crippen LogP contribution in [0.3, 0.4) is 0 Å². The Labute approximate surface area is 91.8 Å². The SMILES string of the molecule is COc1nc(OC)c(SC)c(SC)n1. The molecule has 0 aromatic carbocycles. The van der Waals surface area contributed by atoms with E-state index in [1.54, 1.807) is 30.6 Å². The maximum atomic E-state index is 5.16. The zero-order valence-electron chi connectivity index (χ0n) is 8.53. The fraction of sp³-hybridized carbons (Fsp3) is 0.500. The van der Waals surface area contributed by atoms with Crippen LogP contribution in [0.25, 0.3) is 0 Å². The minimum Gasteiger partial charge on any atom is -0.480 e. The summed E-state index contributed by atoms with van der Waals surface area (Å²) < 4.78 is 10.1. The van der Waals surface area contributed by atoms with E-state index < -0.39 is 0 Å². The summed E-state index contributed by atoms with van der Waals surface area (Å²) in [5, 5.41) is 0.876. The Morgan fingerprint density at radius 1 is 1.00 bits per heavy atom. The van der Waals surface area contributed by atoms with Crippen molar-refractivity contribution in [1.29, 1.82) is 0 Å². The average molecular weight is 232 g/mol. The van der Waals surface area contributed by atoms with Gasteiger partial charge < -0.3 is 9.47 Å². The fourth-order valence-corrected chi connectivity index (χ4v) is 2.40. The molecule has 0 radical (unpaired) electrons. The van der Waals surface area contributed by atoms with Gasteiger partial charge in [-0.3, -0.25) is 0 Å². The van der Waals surface area contributed by atoms with Crippen LogP contribution in [0, 0.1) is 0 Å². The Morgan fingerprint density at radius 2 is 1.71 bits per heavy atom. The number of hydrogen-bond acceptors (Lipinski definition) is 6. The molecular weight excluding hydrogens is 220 g/mol. The van der Waals surface area contributed by atoms with Gasteiger partial charge in [0.1, 0.15) is 9.92 Å². The summed E-state index contributed by atoms with van der Waals surface area (Å²) in [7, 11) is 3.13. The molecule has 0 atom stereocenters. The maximum Gasteiger partial charge on any atom is 0.320 e. The highest BCUT2D eigenvalue weighted by atomic mass is 32.2. The number of hydrogen-bond donors (Lipinski definition) is 0. The molecule has 0 saturated heterocycles. The number of rotatable bonds is 4. The van der Waals surface area contributed by atoms with Crippen LogP contribution in [-0.4, -0.2) is 36.7 Å². The van der Waals surface area contributed by atoms with Crippen molar-refractivity contribution < 1.29 is 9.47 Å². The standard InChI is InChI=1S/C8H12N2O2S2/c1-11-6-5(13-3)7(14-4)10-8(9-6)12-2/h1-4H3. The minimum atomic E-state index is 0.337. The molecule has 0 aliphatic rings. The summed E-state index contributed by atoms with van der Waals surface area (Å²) in [5.41, 5.74) is 0. The Morgan fingerprint density at radius 3 is 2.14 bits per heavy atom. The van der Waals surface area contributed by atoms with Crippen LogP contribution >= 0.6 is 23.5 Å². The molecule has 0 fully saturated rings. The van der Waals surface area contributed by atoms with Crippen molar-refractivity contribution in [3.05, 3.63) is 0 Å². The number of thioether (sulfide) groups is 2. The van der Waals surface area contributed by atoms with Gasteiger partial charge in [-0.05, 0) is 12.5 Å². The first-order valence-electron chi connectivity index (χ1n) is 3.84. The first kappa shape index (κ1) is 11.5. The van der Waals surface area contributed by atoms with Gasteiger partial charge in [0, 0.05) is 0 Å². The molecule has 0 bridgehead atoms. The van der Waals surface area contributed by atoms with E-state index in [0.29, 0.717) is 11.9 Å². The average Bonchev–Trinajstić information content (AvgIpc) is 2.26. The largest absolute Gasteiger partial charge is 0.480 e. The lowest BCUT2D eigenvalue weighted by atomic mass is 10.6. The van der Waals surface area contributed by atoms with Crippen LogP contribution in [0.4, 0.5) is 0 Å². The molecule has 1 heterocycles. The van der Waals surface area contributed by atoms with Crippen LogP contribution < -0.4 is 9.47 Å². The minimum absolute atomic E-state index is 0.337. The quantitative estimate of drug-likeness (QED) is 0.584. The van der Waals surface area contributed by atoms with Crippen molar-refractivity contribution in [3.8, 4) is 11.9 Å². The Balaban J connectivity index is 3.24. The van der Waals surface area contributed by atoms with E-state index in [9.17, 15) is 0 Å². The normalized spacial score (nSPS) is 10.0. The second kappa shape index (κ2) is 5.31. The molecule has 1 aromatic rings. The highest BCUT2D eigenvalue weighted by Gasteiger charge is 2.13. The molecular formula is C8H12N2O2S2. The number of aromatic nitrogens is 2. The molecule has 1 aromatic heterocycles. The van der Waals surface area contributed by atoms with Gasteiger partial charge in [-0.2, -0.15) is 9.97 Å². The van der Waals surface area contributed by atoms with E-state index in [4.69, 9.17) is 9.47 Å². The summed E-state index contributed by atoms with van der Waals surface area (Å²) in [5.74, 6) is 0.564. The molecule has 0 N–H and O–H groups in total. The van der Waals surface area contributed by atoms with Crippen LogP contribution in [0.2, 0.25) is 0 Å². The van der Waals surface area contributed by atoms with E-state index in [-0.39, 0.29) is 0 Å². The third-order valence-electron chi connectivity index (χ3n) is 1.56. The lowest BCUT2D eigenvalue weighted by Crippen LogP contribution is -1.99. The van der Waals surface area contributed by atoms with Crippen molar-refractivity contribution in [2.75, 3.05) is 26.7 Å². The Kier molecular flexibility index (Phi) is 4.34. The third kappa shape index (κ3) is 2.24. The fourth-order valence-electron chi connectivity index (χ4n) is 0.934. The van der Waals surface area contributed by atoms with Crippen LogP contribution in [0.15, 0.2) is 9.92 Å². The molecule has 78 valence electrons. The molecule has 0 spiro atoms. The lowest BCUT2D eigenvalue weighted by Gasteiger charge is -2.09. The van der Waals surface area contributed by atoms with Crippen molar-refractivity contribution in [3.63, 3.8) is 0 Å². The van der Waals surface area contributed by atoms with Gasteiger partial charge in [-0.15, -0.1) is 23.5 Å². The van der Waals surface area contributed by atoms with Crippen LogP contribution in [-0.2, 0) is 0 Å². The molecule has 6 heteroatoms. The first-order chi connectivity index (χ1) is 6.76. The van der Waals surface area contributed by atoms with Crippen molar-refractivity contribution in [2.45, 2.75) is 9.92 Å². The summed E-state index contributed by atoms with van der Waals surface area (Å²) >= 11 is 3.11. The Bertz CT molecular complexity index is 295. The number of methoxy groups -OCH3 is 2. The van der Waals surface area contributed by atoms with Crippen molar-refractivity contribution in [1.82, 2.24) is 9.97 Å². The topological polar surface area (TPSA) is 44.2 Å². The second-order valence-electron chi connectivity index (χ2n) is 2.26. The summed E-state index contributed by atoms with van der Waals surface area (Å²) in [6, 6.07) is 0.337. The first-order valence-corrected chi connectivity index (χ1v) is 6.29. The van der Waals surface area contributed by atoms with Gasteiger partial charge >= 0.3 is 6.01 Å². The zero-order valence-corrected chi connectivity index (χ0v) is 10.2. The molecule has 0 amide bonds. The van der Waals surface area contributed by atoms with E-state index in [0.717, 1.165) is 9.92 Å². The molecule has 0 unspecified atom stereocenters. The molecule has 0 aliphatic carbocycles. The highest BCUT2D eigenvalue weighted by Crippen LogP contribution is 2.34. The third-order valence-corrected chi connectivity index (χ3v) is 3.14. The molecule has 14 heavy (non-hydrogen) atoms. The van der Waals surface area contributed by atoms with Crippen molar-refractivity contribution in [2.24, 2.45) is 0 Å². The second-order valence-corrected chi connectivity index (χ2v) is 3.87. The van der Waals surface area contributed by atoms with Gasteiger partial charge in [-0.1, -0.05) is 0 Å². The van der Waals surface area contributed by atoms with Gasteiger partial charge in [0.25, 0.3) is 0 Å². The predicted octanol–water partition coefficient (Wildman–Crippen LogP) is 1.94. The van der Waals surface area contributed by atoms with Crippen molar-refractivity contribution >= 4 is 23.5 Å². The van der Waals surface area contributed by atoms with E-state index >= 15 is 0 Å². The summed E-state index contributed by atoms with van der Waals surface area (Å²) in [6.45, 7) is 0. The lowest BCUT2D eigenvalue weighted by molar-refractivity contribution is 0.339. The molecule has 4 nitrogen and oxygen atoms in total. The summed E-state index contributed by atoms with van der Waals surface area (Å²) in [6.07, 6.45) is 3.92. The molecule has 0 saturated carbocycles. The number of nitrogens with zero attached hydrogens (tertiary/aromatic N) is 2. The number of ether oxygens (including phenoxy) is 2. The van der Waals surface area contributed by atoms with Gasteiger partial charge in [0.05, 0.1) is 14.2 Å². The van der Waals surface area contributed by atoms with E-state index in [1.807, 2.05) is 12.5 Å². The van der Waals surface area contributed by atoms with Gasteiger partial charge in [0.15, 0.2) is 0 Å². The van der Waals surface area contributed by atoms with E-state index in [2.05, 4.69) is 9.97 Å². The Hall–Kier alpha value is -0.620. The maximum absolute atomic E-state index is 5.16.